The number of nitrogens with zero attached hydrogens (tertiary/aromatic N) is 2. The number of methoxy groups -OCH3 is 3. The zero-order valence-corrected chi connectivity index (χ0v) is 15.7. The zero-order valence-electron chi connectivity index (χ0n) is 15.7. The second-order valence-electron chi connectivity index (χ2n) is 6.08. The second kappa shape index (κ2) is 7.16. The van der Waals surface area contributed by atoms with E-state index in [1.54, 1.807) is 21.3 Å². The molecule has 142 valence electrons. The summed E-state index contributed by atoms with van der Waals surface area (Å²) in [5.41, 5.74) is 21.6. The minimum absolute atomic E-state index is 0.140. The highest BCUT2D eigenvalue weighted by Gasteiger charge is 2.20. The maximum atomic E-state index is 6.57. The van der Waals surface area contributed by atoms with Crippen molar-refractivity contribution < 1.29 is 14.2 Å². The van der Waals surface area contributed by atoms with Gasteiger partial charge >= 0.3 is 0 Å². The molecule has 3 rings (SSSR count). The smallest absolute Gasteiger partial charge is 0.222 e. The van der Waals surface area contributed by atoms with Crippen LogP contribution in [0.2, 0.25) is 0 Å². The number of aromatic nitrogens is 2. The fourth-order valence-electron chi connectivity index (χ4n) is 3.26. The van der Waals surface area contributed by atoms with Gasteiger partial charge in [-0.05, 0) is 41.8 Å². The van der Waals surface area contributed by atoms with Gasteiger partial charge in [-0.3, -0.25) is 0 Å². The molecule has 8 nitrogen and oxygen atoms in total. The molecule has 0 amide bonds. The van der Waals surface area contributed by atoms with Crippen molar-refractivity contribution in [2.24, 2.45) is 5.73 Å². The summed E-state index contributed by atoms with van der Waals surface area (Å²) < 4.78 is 16.2. The van der Waals surface area contributed by atoms with Crippen LogP contribution in [-0.4, -0.2) is 31.3 Å². The van der Waals surface area contributed by atoms with Gasteiger partial charge in [-0.1, -0.05) is 6.07 Å². The molecule has 0 aliphatic carbocycles. The third-order valence-corrected chi connectivity index (χ3v) is 4.59. The standard InChI is InChI=1S/C19H23N5O3/c1-9-11(5-6-12-15(9)18(21)24-19(22)23-12)16(20)10-7-13(25-2)17(27-4)14(8-10)26-3/h5-8,16H,20H2,1-4H3,(H4,21,22,23,24). The van der Waals surface area contributed by atoms with Crippen LogP contribution in [0, 0.1) is 6.92 Å². The number of aryl methyl sites for hydroxylation is 1. The van der Waals surface area contributed by atoms with E-state index in [-0.39, 0.29) is 5.95 Å². The first-order valence-corrected chi connectivity index (χ1v) is 8.28. The van der Waals surface area contributed by atoms with Crippen LogP contribution in [0.5, 0.6) is 17.2 Å². The van der Waals surface area contributed by atoms with Gasteiger partial charge in [-0.15, -0.1) is 0 Å². The third kappa shape index (κ3) is 3.15. The Morgan fingerprint density at radius 1 is 0.926 bits per heavy atom. The minimum Gasteiger partial charge on any atom is -0.493 e. The Morgan fingerprint density at radius 2 is 1.56 bits per heavy atom. The van der Waals surface area contributed by atoms with E-state index in [0.29, 0.717) is 28.6 Å². The molecule has 0 saturated carbocycles. The van der Waals surface area contributed by atoms with Crippen LogP contribution in [0.1, 0.15) is 22.7 Å². The number of hydrogen-bond donors (Lipinski definition) is 3. The molecular weight excluding hydrogens is 346 g/mol. The van der Waals surface area contributed by atoms with Crippen molar-refractivity contribution in [3.05, 3.63) is 41.0 Å². The highest BCUT2D eigenvalue weighted by Crippen LogP contribution is 2.41. The lowest BCUT2D eigenvalue weighted by Crippen LogP contribution is -2.15. The lowest BCUT2D eigenvalue weighted by molar-refractivity contribution is 0.323. The number of nitrogen functional groups attached to an aromatic ring is 2. The lowest BCUT2D eigenvalue weighted by Gasteiger charge is -2.20. The molecule has 27 heavy (non-hydrogen) atoms. The van der Waals surface area contributed by atoms with Crippen LogP contribution >= 0.6 is 0 Å². The topological polar surface area (TPSA) is 132 Å². The Kier molecular flexibility index (Phi) is 4.91. The van der Waals surface area contributed by atoms with Crippen LogP contribution in [-0.2, 0) is 0 Å². The molecule has 2 aromatic carbocycles. The van der Waals surface area contributed by atoms with Gasteiger partial charge in [0.05, 0.1) is 32.9 Å². The predicted octanol–water partition coefficient (Wildman–Crippen LogP) is 2.18. The number of anilines is 2. The molecule has 1 atom stereocenters. The van der Waals surface area contributed by atoms with Crippen LogP contribution < -0.4 is 31.4 Å². The first-order chi connectivity index (χ1) is 12.9. The van der Waals surface area contributed by atoms with E-state index in [0.717, 1.165) is 22.1 Å². The summed E-state index contributed by atoms with van der Waals surface area (Å²) in [7, 11) is 4.69. The Hall–Kier alpha value is -3.26. The Balaban J connectivity index is 2.16. The van der Waals surface area contributed by atoms with Crippen LogP contribution in [0.3, 0.4) is 0 Å². The minimum atomic E-state index is -0.444. The number of benzene rings is 2. The fraction of sp³-hybridized carbons (Fsp3) is 0.263. The third-order valence-electron chi connectivity index (χ3n) is 4.59. The molecule has 0 radical (unpaired) electrons. The highest BCUT2D eigenvalue weighted by molar-refractivity contribution is 5.92. The molecule has 0 aliphatic rings. The van der Waals surface area contributed by atoms with E-state index >= 15 is 0 Å². The number of ether oxygens (including phenoxy) is 3. The number of rotatable bonds is 5. The Bertz CT molecular complexity index is 981. The number of hydrogen-bond acceptors (Lipinski definition) is 8. The van der Waals surface area contributed by atoms with Gasteiger partial charge in [-0.2, -0.15) is 4.98 Å². The van der Waals surface area contributed by atoms with E-state index in [2.05, 4.69) is 9.97 Å². The second-order valence-corrected chi connectivity index (χ2v) is 6.08. The average molecular weight is 369 g/mol. The normalized spacial score (nSPS) is 12.0. The maximum absolute atomic E-state index is 6.57. The SMILES string of the molecule is COc1cc(C(N)c2ccc3nc(N)nc(N)c3c2C)cc(OC)c1OC. The van der Waals surface area contributed by atoms with Gasteiger partial charge in [0.15, 0.2) is 11.5 Å². The summed E-state index contributed by atoms with van der Waals surface area (Å²) in [6.07, 6.45) is 0. The van der Waals surface area contributed by atoms with Crippen molar-refractivity contribution in [3.63, 3.8) is 0 Å². The largest absolute Gasteiger partial charge is 0.493 e. The summed E-state index contributed by atoms with van der Waals surface area (Å²) in [5, 5.41) is 0.740. The molecule has 1 heterocycles. The van der Waals surface area contributed by atoms with E-state index in [4.69, 9.17) is 31.4 Å². The number of nitrogens with two attached hydrogens (primary N) is 3. The van der Waals surface area contributed by atoms with Crippen molar-refractivity contribution in [3.8, 4) is 17.2 Å². The summed E-state index contributed by atoms with van der Waals surface area (Å²) >= 11 is 0. The van der Waals surface area contributed by atoms with Crippen molar-refractivity contribution in [1.29, 1.82) is 0 Å². The number of fused-ring (bicyclic) bond motifs is 1. The molecule has 8 heteroatoms. The van der Waals surface area contributed by atoms with Gasteiger partial charge in [0.25, 0.3) is 0 Å². The quantitative estimate of drug-likeness (QED) is 0.623. The molecule has 0 spiro atoms. The van der Waals surface area contributed by atoms with Gasteiger partial charge in [0, 0.05) is 5.39 Å². The average Bonchev–Trinajstić information content (AvgIpc) is 2.65. The van der Waals surface area contributed by atoms with Gasteiger partial charge in [0.2, 0.25) is 11.7 Å². The fourth-order valence-corrected chi connectivity index (χ4v) is 3.26. The first kappa shape index (κ1) is 18.5. The van der Waals surface area contributed by atoms with E-state index in [1.807, 2.05) is 31.2 Å². The molecule has 1 unspecified atom stereocenters. The van der Waals surface area contributed by atoms with E-state index in [9.17, 15) is 0 Å². The summed E-state index contributed by atoms with van der Waals surface area (Å²) in [6.45, 7) is 1.94. The summed E-state index contributed by atoms with van der Waals surface area (Å²) in [4.78, 5) is 8.30. The Labute approximate surface area is 157 Å². The zero-order chi connectivity index (χ0) is 19.7. The lowest BCUT2D eigenvalue weighted by atomic mass is 9.93. The molecule has 0 aliphatic heterocycles. The van der Waals surface area contributed by atoms with E-state index < -0.39 is 6.04 Å². The van der Waals surface area contributed by atoms with Gasteiger partial charge < -0.3 is 31.4 Å². The molecule has 6 N–H and O–H groups in total. The van der Waals surface area contributed by atoms with Gasteiger partial charge in [0.1, 0.15) is 5.82 Å². The predicted molar refractivity (Wildman–Crippen MR) is 105 cm³/mol. The summed E-state index contributed by atoms with van der Waals surface area (Å²) in [6, 6.07) is 6.97. The summed E-state index contributed by atoms with van der Waals surface area (Å²) in [5.74, 6) is 2.06. The molecule has 1 aromatic heterocycles. The van der Waals surface area contributed by atoms with Gasteiger partial charge in [-0.25, -0.2) is 4.98 Å². The molecular formula is C19H23N5O3. The Morgan fingerprint density at radius 3 is 2.11 bits per heavy atom. The van der Waals surface area contributed by atoms with Crippen molar-refractivity contribution >= 4 is 22.7 Å². The highest BCUT2D eigenvalue weighted by atomic mass is 16.5. The monoisotopic (exact) mass is 369 g/mol. The molecule has 0 saturated heterocycles. The molecule has 3 aromatic rings. The van der Waals surface area contributed by atoms with Crippen molar-refractivity contribution in [2.45, 2.75) is 13.0 Å². The molecule has 0 bridgehead atoms. The first-order valence-electron chi connectivity index (χ1n) is 8.28. The maximum Gasteiger partial charge on any atom is 0.222 e. The van der Waals surface area contributed by atoms with Crippen LogP contribution in [0.4, 0.5) is 11.8 Å². The van der Waals surface area contributed by atoms with Crippen LogP contribution in [0.25, 0.3) is 10.9 Å². The van der Waals surface area contributed by atoms with Crippen molar-refractivity contribution in [1.82, 2.24) is 9.97 Å². The van der Waals surface area contributed by atoms with Crippen LogP contribution in [0.15, 0.2) is 24.3 Å². The van der Waals surface area contributed by atoms with E-state index in [1.165, 1.54) is 0 Å². The van der Waals surface area contributed by atoms with Crippen molar-refractivity contribution in [2.75, 3.05) is 32.8 Å². The molecule has 0 fully saturated rings.